The number of nitrogens with one attached hydrogen (secondary N) is 1. The molecule has 0 atom stereocenters. The summed E-state index contributed by atoms with van der Waals surface area (Å²) in [6.45, 7) is 1.96. The van der Waals surface area contributed by atoms with Crippen molar-refractivity contribution in [3.8, 4) is 11.5 Å². The average Bonchev–Trinajstić information content (AvgIpc) is 2.58. The Hall–Kier alpha value is -1.84. The van der Waals surface area contributed by atoms with Crippen LogP contribution in [0, 0.1) is 5.92 Å². The van der Waals surface area contributed by atoms with Crippen LogP contribution in [0.25, 0.3) is 0 Å². The summed E-state index contributed by atoms with van der Waals surface area (Å²) in [5, 5.41) is 3.58. The number of hydrogen-bond donors (Lipinski definition) is 2. The maximum Gasteiger partial charge on any atom is 0.127 e. The Morgan fingerprint density at radius 1 is 0.913 bits per heavy atom. The predicted molar refractivity (Wildman–Crippen MR) is 94.6 cm³/mol. The summed E-state index contributed by atoms with van der Waals surface area (Å²) in [7, 11) is 0. The summed E-state index contributed by atoms with van der Waals surface area (Å²) in [5.41, 5.74) is 7.22. The number of hydrogen-bond acceptors (Lipinski definition) is 3. The van der Waals surface area contributed by atoms with E-state index in [1.165, 1.54) is 31.2 Å². The van der Waals surface area contributed by atoms with E-state index < -0.39 is 0 Å². The molecule has 3 heteroatoms. The Balaban J connectivity index is 1.48. The van der Waals surface area contributed by atoms with Crippen molar-refractivity contribution < 1.29 is 4.74 Å². The SMILES string of the molecule is NC1CCC(CNCc2cccc(Oc3ccccc3)c2)CC1. The van der Waals surface area contributed by atoms with Gasteiger partial charge in [-0.3, -0.25) is 0 Å². The van der Waals surface area contributed by atoms with Gasteiger partial charge in [0.25, 0.3) is 0 Å². The van der Waals surface area contributed by atoms with Crippen molar-refractivity contribution in [2.75, 3.05) is 6.54 Å². The van der Waals surface area contributed by atoms with Crippen LogP contribution < -0.4 is 15.8 Å². The molecular weight excluding hydrogens is 284 g/mol. The van der Waals surface area contributed by atoms with Gasteiger partial charge in [0.15, 0.2) is 0 Å². The number of ether oxygens (including phenoxy) is 1. The monoisotopic (exact) mass is 310 g/mol. The Morgan fingerprint density at radius 2 is 1.65 bits per heavy atom. The van der Waals surface area contributed by atoms with Crippen molar-refractivity contribution in [1.82, 2.24) is 5.32 Å². The first-order valence-electron chi connectivity index (χ1n) is 8.58. The summed E-state index contributed by atoms with van der Waals surface area (Å²) >= 11 is 0. The van der Waals surface area contributed by atoms with Crippen molar-refractivity contribution in [2.24, 2.45) is 11.7 Å². The molecule has 0 amide bonds. The lowest BCUT2D eigenvalue weighted by atomic mass is 9.86. The van der Waals surface area contributed by atoms with Crippen molar-refractivity contribution >= 4 is 0 Å². The van der Waals surface area contributed by atoms with E-state index in [1.807, 2.05) is 36.4 Å². The lowest BCUT2D eigenvalue weighted by Gasteiger charge is -2.26. The lowest BCUT2D eigenvalue weighted by molar-refractivity contribution is 0.314. The third-order valence-electron chi connectivity index (χ3n) is 4.53. The van der Waals surface area contributed by atoms with Gasteiger partial charge in [-0.1, -0.05) is 30.3 Å². The number of para-hydroxylation sites is 1. The van der Waals surface area contributed by atoms with Crippen molar-refractivity contribution in [2.45, 2.75) is 38.3 Å². The Morgan fingerprint density at radius 3 is 2.43 bits per heavy atom. The second-order valence-corrected chi connectivity index (χ2v) is 6.47. The van der Waals surface area contributed by atoms with E-state index in [-0.39, 0.29) is 0 Å². The van der Waals surface area contributed by atoms with Crippen LogP contribution in [-0.2, 0) is 6.54 Å². The Kier molecular flexibility index (Phi) is 5.67. The first kappa shape index (κ1) is 16.0. The van der Waals surface area contributed by atoms with E-state index in [9.17, 15) is 0 Å². The van der Waals surface area contributed by atoms with Gasteiger partial charge < -0.3 is 15.8 Å². The highest BCUT2D eigenvalue weighted by Crippen LogP contribution is 2.23. The normalized spacial score (nSPS) is 21.1. The summed E-state index contributed by atoms with van der Waals surface area (Å²) in [6.07, 6.45) is 4.86. The van der Waals surface area contributed by atoms with Gasteiger partial charge in [0, 0.05) is 12.6 Å². The molecule has 3 N–H and O–H groups in total. The molecule has 0 heterocycles. The first-order chi connectivity index (χ1) is 11.3. The molecule has 0 aliphatic heterocycles. The third-order valence-corrected chi connectivity index (χ3v) is 4.53. The fourth-order valence-corrected chi connectivity index (χ4v) is 3.16. The van der Waals surface area contributed by atoms with Gasteiger partial charge in [0.2, 0.25) is 0 Å². The van der Waals surface area contributed by atoms with Crippen LogP contribution in [0.1, 0.15) is 31.2 Å². The Bertz CT molecular complexity index is 592. The third kappa shape index (κ3) is 5.08. The maximum atomic E-state index is 5.96. The van der Waals surface area contributed by atoms with E-state index in [2.05, 4.69) is 23.5 Å². The van der Waals surface area contributed by atoms with E-state index in [0.29, 0.717) is 6.04 Å². The second-order valence-electron chi connectivity index (χ2n) is 6.47. The van der Waals surface area contributed by atoms with Crippen LogP contribution in [0.4, 0.5) is 0 Å². The van der Waals surface area contributed by atoms with Crippen molar-refractivity contribution in [3.63, 3.8) is 0 Å². The molecule has 3 nitrogen and oxygen atoms in total. The molecule has 1 aliphatic carbocycles. The summed E-state index contributed by atoms with van der Waals surface area (Å²) in [6, 6.07) is 18.6. The molecule has 0 bridgehead atoms. The highest BCUT2D eigenvalue weighted by molar-refractivity contribution is 5.33. The second kappa shape index (κ2) is 8.14. The van der Waals surface area contributed by atoms with Gasteiger partial charge >= 0.3 is 0 Å². The standard InChI is InChI=1S/C20H26N2O/c21-18-11-9-16(10-12-18)14-22-15-17-5-4-8-20(13-17)23-19-6-2-1-3-7-19/h1-8,13,16,18,22H,9-12,14-15,21H2. The molecule has 0 unspecified atom stereocenters. The van der Waals surface area contributed by atoms with Gasteiger partial charge in [-0.2, -0.15) is 0 Å². The van der Waals surface area contributed by atoms with Gasteiger partial charge in [-0.05, 0) is 68.0 Å². The number of benzene rings is 2. The molecule has 23 heavy (non-hydrogen) atoms. The van der Waals surface area contributed by atoms with Crippen LogP contribution in [0.15, 0.2) is 54.6 Å². The van der Waals surface area contributed by atoms with Gasteiger partial charge in [0.1, 0.15) is 11.5 Å². The predicted octanol–water partition coefficient (Wildman–Crippen LogP) is 4.09. The fraction of sp³-hybridized carbons (Fsp3) is 0.400. The minimum atomic E-state index is 0.429. The van der Waals surface area contributed by atoms with Crippen LogP contribution >= 0.6 is 0 Å². The van der Waals surface area contributed by atoms with Crippen molar-refractivity contribution in [1.29, 1.82) is 0 Å². The van der Waals surface area contributed by atoms with E-state index in [4.69, 9.17) is 10.5 Å². The summed E-state index contributed by atoms with van der Waals surface area (Å²) in [4.78, 5) is 0. The molecule has 1 fully saturated rings. The number of rotatable bonds is 6. The molecule has 2 aromatic rings. The molecule has 3 rings (SSSR count). The Labute approximate surface area is 138 Å². The summed E-state index contributed by atoms with van der Waals surface area (Å²) < 4.78 is 5.89. The topological polar surface area (TPSA) is 47.3 Å². The minimum Gasteiger partial charge on any atom is -0.457 e. The molecule has 0 aromatic heterocycles. The molecule has 1 saturated carbocycles. The van der Waals surface area contributed by atoms with Crippen molar-refractivity contribution in [3.05, 3.63) is 60.2 Å². The average molecular weight is 310 g/mol. The van der Waals surface area contributed by atoms with Crippen LogP contribution in [0.5, 0.6) is 11.5 Å². The zero-order chi connectivity index (χ0) is 15.9. The van der Waals surface area contributed by atoms with Gasteiger partial charge in [-0.25, -0.2) is 0 Å². The van der Waals surface area contributed by atoms with Crippen LogP contribution in [-0.4, -0.2) is 12.6 Å². The lowest BCUT2D eigenvalue weighted by Crippen LogP contribution is -2.31. The van der Waals surface area contributed by atoms with Gasteiger partial charge in [0.05, 0.1) is 0 Å². The fourth-order valence-electron chi connectivity index (χ4n) is 3.16. The van der Waals surface area contributed by atoms with Gasteiger partial charge in [-0.15, -0.1) is 0 Å². The maximum absolute atomic E-state index is 5.96. The molecule has 2 aromatic carbocycles. The summed E-state index contributed by atoms with van der Waals surface area (Å²) in [5.74, 6) is 2.54. The largest absolute Gasteiger partial charge is 0.457 e. The minimum absolute atomic E-state index is 0.429. The highest BCUT2D eigenvalue weighted by atomic mass is 16.5. The molecular formula is C20H26N2O. The van der Waals surface area contributed by atoms with Crippen LogP contribution in [0.2, 0.25) is 0 Å². The molecule has 122 valence electrons. The zero-order valence-electron chi connectivity index (χ0n) is 13.6. The first-order valence-corrected chi connectivity index (χ1v) is 8.58. The van der Waals surface area contributed by atoms with E-state index >= 15 is 0 Å². The zero-order valence-corrected chi connectivity index (χ0v) is 13.6. The quantitative estimate of drug-likeness (QED) is 0.845. The molecule has 0 radical (unpaired) electrons. The smallest absolute Gasteiger partial charge is 0.127 e. The molecule has 1 aliphatic rings. The molecule has 0 saturated heterocycles. The molecule has 0 spiro atoms. The van der Waals surface area contributed by atoms with E-state index in [1.54, 1.807) is 0 Å². The van der Waals surface area contributed by atoms with Crippen LogP contribution in [0.3, 0.4) is 0 Å². The number of nitrogens with two attached hydrogens (primary N) is 1. The highest BCUT2D eigenvalue weighted by Gasteiger charge is 2.17. The van der Waals surface area contributed by atoms with E-state index in [0.717, 1.165) is 30.5 Å².